The lowest BCUT2D eigenvalue weighted by Gasteiger charge is -2.41. The molecular formula is C29H26Cl2F2N2O5S. The fourth-order valence-corrected chi connectivity index (χ4v) is 8.15. The molecule has 0 spiro atoms. The van der Waals surface area contributed by atoms with Crippen LogP contribution in [-0.4, -0.2) is 32.4 Å². The van der Waals surface area contributed by atoms with Crippen LogP contribution in [0, 0.1) is 17.7 Å². The highest BCUT2D eigenvalue weighted by molar-refractivity contribution is 7.18. The van der Waals surface area contributed by atoms with Gasteiger partial charge in [0.1, 0.15) is 21.8 Å². The maximum atomic E-state index is 15.1. The number of aromatic nitrogens is 2. The summed E-state index contributed by atoms with van der Waals surface area (Å²) in [4.78, 5) is 15.8. The lowest BCUT2D eigenvalue weighted by Crippen LogP contribution is -2.44. The number of thiazole rings is 1. The van der Waals surface area contributed by atoms with Gasteiger partial charge in [0.15, 0.2) is 17.2 Å². The zero-order chi connectivity index (χ0) is 29.3. The van der Waals surface area contributed by atoms with E-state index in [0.717, 1.165) is 30.2 Å². The van der Waals surface area contributed by atoms with Crippen LogP contribution in [0.4, 0.5) is 8.78 Å². The molecule has 0 aliphatic heterocycles. The molecule has 2 saturated carbocycles. The second kappa shape index (κ2) is 10.3. The first-order chi connectivity index (χ1) is 19.4. The molecule has 41 heavy (non-hydrogen) atoms. The van der Waals surface area contributed by atoms with Gasteiger partial charge < -0.3 is 19.5 Å². The van der Waals surface area contributed by atoms with E-state index >= 15 is 4.39 Å². The average Bonchev–Trinajstić information content (AvgIpc) is 3.55. The third-order valence-corrected chi connectivity index (χ3v) is 10.0. The fraction of sp³-hybridized carbons (Fsp3) is 0.414. The molecule has 12 heteroatoms. The number of carboxylic acids is 1. The average molecular weight is 624 g/mol. The number of hydrogen-bond donors (Lipinski definition) is 2. The van der Waals surface area contributed by atoms with Crippen LogP contribution in [-0.2, 0) is 22.6 Å². The maximum absolute atomic E-state index is 15.1. The number of aromatic carboxylic acids is 1. The summed E-state index contributed by atoms with van der Waals surface area (Å²) in [5.41, 5.74) is -2.07. The molecule has 0 radical (unpaired) electrons. The van der Waals surface area contributed by atoms with E-state index in [9.17, 15) is 19.4 Å². The zero-order valence-electron chi connectivity index (χ0n) is 22.1. The van der Waals surface area contributed by atoms with Crippen molar-refractivity contribution < 1.29 is 33.0 Å². The molecule has 6 rings (SSSR count). The van der Waals surface area contributed by atoms with Gasteiger partial charge in [0.2, 0.25) is 0 Å². The van der Waals surface area contributed by atoms with Gasteiger partial charge in [0.25, 0.3) is 0 Å². The number of nitrogens with zero attached hydrogens (tertiary/aromatic N) is 2. The Kier molecular flexibility index (Phi) is 7.14. The van der Waals surface area contributed by atoms with Gasteiger partial charge in [0.05, 0.1) is 38.6 Å². The first kappa shape index (κ1) is 28.5. The van der Waals surface area contributed by atoms with Gasteiger partial charge in [-0.05, 0) is 75.6 Å². The van der Waals surface area contributed by atoms with E-state index < -0.39 is 23.1 Å². The topological polar surface area (TPSA) is 106 Å². The minimum Gasteiger partial charge on any atom is -0.478 e. The third kappa shape index (κ3) is 4.83. The molecule has 2 aromatic carbocycles. The number of aliphatic hydroxyl groups is 1. The van der Waals surface area contributed by atoms with Crippen molar-refractivity contribution >= 4 is 50.7 Å². The summed E-state index contributed by atoms with van der Waals surface area (Å²) in [6.45, 7) is 2.74. The Morgan fingerprint density at radius 3 is 2.49 bits per heavy atom. The minimum atomic E-state index is -1.84. The van der Waals surface area contributed by atoms with Crippen molar-refractivity contribution in [1.82, 2.24) is 10.1 Å². The van der Waals surface area contributed by atoms with Crippen LogP contribution in [0.15, 0.2) is 34.9 Å². The highest BCUT2D eigenvalue weighted by Crippen LogP contribution is 2.57. The molecule has 2 N–H and O–H groups in total. The van der Waals surface area contributed by atoms with Crippen LogP contribution in [0.1, 0.15) is 66.2 Å². The number of halogens is 4. The summed E-state index contributed by atoms with van der Waals surface area (Å²) < 4.78 is 41.9. The number of ether oxygens (including phenoxy) is 1. The first-order valence-corrected chi connectivity index (χ1v) is 14.7. The van der Waals surface area contributed by atoms with E-state index in [4.69, 9.17) is 32.5 Å². The maximum Gasteiger partial charge on any atom is 0.335 e. The summed E-state index contributed by atoms with van der Waals surface area (Å²) in [7, 11) is 0. The summed E-state index contributed by atoms with van der Waals surface area (Å²) in [6, 6.07) is 7.36. The predicted octanol–water partition coefficient (Wildman–Crippen LogP) is 7.89. The smallest absolute Gasteiger partial charge is 0.335 e. The molecule has 0 amide bonds. The van der Waals surface area contributed by atoms with E-state index in [1.54, 1.807) is 18.2 Å². The van der Waals surface area contributed by atoms with Crippen LogP contribution in [0.5, 0.6) is 0 Å². The van der Waals surface area contributed by atoms with Crippen molar-refractivity contribution in [2.75, 3.05) is 0 Å². The van der Waals surface area contributed by atoms with Crippen LogP contribution in [0.2, 0.25) is 10.0 Å². The number of fused-ring (bicyclic) bond motifs is 3. The lowest BCUT2D eigenvalue weighted by molar-refractivity contribution is -0.116. The Morgan fingerprint density at radius 2 is 1.88 bits per heavy atom. The first-order valence-electron chi connectivity index (χ1n) is 13.2. The molecule has 2 aliphatic carbocycles. The van der Waals surface area contributed by atoms with Crippen molar-refractivity contribution in [3.8, 4) is 11.3 Å². The molecule has 0 saturated heterocycles. The summed E-state index contributed by atoms with van der Waals surface area (Å²) >= 11 is 14.0. The SMILES string of the molecule is CC(C)(F)c1onc(-c2c(Cl)cccc2Cl)c1CO[C@H]1C[C@H]2CC[C@@H](C1)[C@@]2(O)c1nc2c(F)cc(C(=O)O)cc2s1. The number of rotatable bonds is 7. The van der Waals surface area contributed by atoms with E-state index in [2.05, 4.69) is 10.1 Å². The number of carboxylic acid groups (broad SMARTS) is 1. The minimum absolute atomic E-state index is 0.00405. The molecule has 2 fully saturated rings. The van der Waals surface area contributed by atoms with Crippen LogP contribution in [0.25, 0.3) is 21.5 Å². The van der Waals surface area contributed by atoms with Crippen molar-refractivity contribution in [2.45, 2.75) is 63.5 Å². The molecule has 2 aliphatic rings. The number of carbonyl (C=O) groups is 1. The lowest BCUT2D eigenvalue weighted by atomic mass is 9.73. The molecule has 0 unspecified atom stereocenters. The normalized spacial score (nSPS) is 24.3. The largest absolute Gasteiger partial charge is 0.478 e. The second-order valence-corrected chi connectivity index (χ2v) is 13.1. The summed E-state index contributed by atoms with van der Waals surface area (Å²) in [5.74, 6) is -2.35. The van der Waals surface area contributed by atoms with Crippen molar-refractivity contribution in [2.24, 2.45) is 11.8 Å². The Morgan fingerprint density at radius 1 is 1.22 bits per heavy atom. The van der Waals surface area contributed by atoms with Gasteiger partial charge in [-0.1, -0.05) is 34.4 Å². The van der Waals surface area contributed by atoms with Crippen LogP contribution >= 0.6 is 34.5 Å². The van der Waals surface area contributed by atoms with Gasteiger partial charge in [-0.2, -0.15) is 0 Å². The molecule has 2 aromatic heterocycles. The van der Waals surface area contributed by atoms with Gasteiger partial charge in [-0.25, -0.2) is 18.6 Å². The Hall–Kier alpha value is -2.63. The molecule has 216 valence electrons. The predicted molar refractivity (Wildman–Crippen MR) is 151 cm³/mol. The fourth-order valence-electron chi connectivity index (χ4n) is 6.30. The van der Waals surface area contributed by atoms with Crippen LogP contribution < -0.4 is 0 Å². The quantitative estimate of drug-likeness (QED) is 0.216. The van der Waals surface area contributed by atoms with E-state index in [1.807, 2.05) is 0 Å². The molecule has 7 nitrogen and oxygen atoms in total. The van der Waals surface area contributed by atoms with Gasteiger partial charge in [0, 0.05) is 5.56 Å². The Bertz CT molecular complexity index is 1630. The van der Waals surface area contributed by atoms with Gasteiger partial charge >= 0.3 is 5.97 Å². The van der Waals surface area contributed by atoms with E-state index in [0.29, 0.717) is 49.4 Å². The van der Waals surface area contributed by atoms with Crippen molar-refractivity contribution in [3.05, 3.63) is 68.1 Å². The highest BCUT2D eigenvalue weighted by atomic mass is 35.5. The second-order valence-electron chi connectivity index (χ2n) is 11.2. The van der Waals surface area contributed by atoms with E-state index in [-0.39, 0.29) is 41.4 Å². The standard InChI is InChI=1S/C29H26Cl2F2N2O5S/c1-28(2,33)25-17(23(35-40-25)22-18(30)4-3-5-19(22)31)12-39-16-10-14-6-7-15(11-16)29(14,38)27-34-24-20(32)8-13(26(36)37)9-21(24)41-27/h3-5,8-9,14-16,38H,6-7,10-12H2,1-2H3,(H,36,37)/t14-,15+,16+,29-. The molecule has 4 atom stereocenters. The Balaban J connectivity index is 1.26. The number of hydrogen-bond acceptors (Lipinski definition) is 7. The molecular weight excluding hydrogens is 597 g/mol. The van der Waals surface area contributed by atoms with E-state index in [1.165, 1.54) is 19.9 Å². The molecule has 2 heterocycles. The Labute approximate surface area is 248 Å². The zero-order valence-corrected chi connectivity index (χ0v) is 24.4. The van der Waals surface area contributed by atoms with Crippen LogP contribution in [0.3, 0.4) is 0 Å². The molecule has 2 bridgehead atoms. The van der Waals surface area contributed by atoms with Gasteiger partial charge in [-0.3, -0.25) is 0 Å². The van der Waals surface area contributed by atoms with Gasteiger partial charge in [-0.15, -0.1) is 11.3 Å². The molecule has 4 aromatic rings. The number of benzene rings is 2. The highest BCUT2D eigenvalue weighted by Gasteiger charge is 2.56. The summed E-state index contributed by atoms with van der Waals surface area (Å²) in [5, 5.41) is 26.4. The number of alkyl halides is 1. The summed E-state index contributed by atoms with van der Waals surface area (Å²) in [6.07, 6.45) is 2.23. The monoisotopic (exact) mass is 622 g/mol. The van der Waals surface area contributed by atoms with Crippen molar-refractivity contribution in [1.29, 1.82) is 0 Å². The third-order valence-electron chi connectivity index (χ3n) is 8.23. The van der Waals surface area contributed by atoms with Crippen molar-refractivity contribution in [3.63, 3.8) is 0 Å².